The number of nitrogens with zero attached hydrogens (tertiary/aromatic N) is 1. The first-order chi connectivity index (χ1) is 13.3. The topological polar surface area (TPSA) is 109 Å². The lowest BCUT2D eigenvalue weighted by molar-refractivity contribution is -0.117. The standard InChI is InChI=1S/C19H26N4O5/c1-11(2)21-19(26)23-5-4-20-9-13(23)6-18(25)22-15-8-17-16(27-10-28-17)7-14(15)12(3)24/h7-8,11,13,20H,4-6,9-10H2,1-3H3,(H,21,26)(H,22,25). The van der Waals surface area contributed by atoms with Gasteiger partial charge in [0.15, 0.2) is 17.3 Å². The summed E-state index contributed by atoms with van der Waals surface area (Å²) in [6, 6.07) is 2.73. The largest absolute Gasteiger partial charge is 0.454 e. The summed E-state index contributed by atoms with van der Waals surface area (Å²) in [5.74, 6) is 0.497. The Kier molecular flexibility index (Phi) is 6.03. The number of rotatable bonds is 5. The van der Waals surface area contributed by atoms with E-state index in [0.29, 0.717) is 42.4 Å². The molecular weight excluding hydrogens is 364 g/mol. The van der Waals surface area contributed by atoms with E-state index >= 15 is 0 Å². The molecule has 0 saturated carbocycles. The number of benzene rings is 1. The molecule has 1 unspecified atom stereocenters. The number of nitrogens with one attached hydrogen (secondary N) is 3. The van der Waals surface area contributed by atoms with Gasteiger partial charge >= 0.3 is 6.03 Å². The van der Waals surface area contributed by atoms with E-state index < -0.39 is 0 Å². The number of carbonyl (C=O) groups excluding carboxylic acids is 3. The van der Waals surface area contributed by atoms with Gasteiger partial charge in [-0.25, -0.2) is 4.79 Å². The highest BCUT2D eigenvalue weighted by molar-refractivity contribution is 6.04. The van der Waals surface area contributed by atoms with Gasteiger partial charge in [0.1, 0.15) is 0 Å². The lowest BCUT2D eigenvalue weighted by Gasteiger charge is -2.36. The molecule has 28 heavy (non-hydrogen) atoms. The van der Waals surface area contributed by atoms with Crippen LogP contribution >= 0.6 is 0 Å². The number of ketones is 1. The Balaban J connectivity index is 1.71. The molecule has 3 amide bonds. The quantitative estimate of drug-likeness (QED) is 0.655. The molecule has 2 aliphatic heterocycles. The molecule has 1 aromatic carbocycles. The first-order valence-corrected chi connectivity index (χ1v) is 9.37. The van der Waals surface area contributed by atoms with Crippen LogP contribution in [-0.2, 0) is 4.79 Å². The average molecular weight is 390 g/mol. The maximum atomic E-state index is 12.7. The van der Waals surface area contributed by atoms with Crippen molar-refractivity contribution in [2.24, 2.45) is 0 Å². The smallest absolute Gasteiger partial charge is 0.317 e. The summed E-state index contributed by atoms with van der Waals surface area (Å²) in [5, 5.41) is 8.87. The fourth-order valence-electron chi connectivity index (χ4n) is 3.29. The number of fused-ring (bicyclic) bond motifs is 1. The summed E-state index contributed by atoms with van der Waals surface area (Å²) < 4.78 is 10.6. The first kappa shape index (κ1) is 19.9. The third-order valence-electron chi connectivity index (χ3n) is 4.61. The van der Waals surface area contributed by atoms with E-state index in [9.17, 15) is 14.4 Å². The molecule has 3 rings (SSSR count). The molecule has 152 valence electrons. The van der Waals surface area contributed by atoms with Crippen LogP contribution in [0.1, 0.15) is 37.6 Å². The van der Waals surface area contributed by atoms with Crippen molar-refractivity contribution in [3.8, 4) is 11.5 Å². The van der Waals surface area contributed by atoms with Crippen LogP contribution in [0.15, 0.2) is 12.1 Å². The van der Waals surface area contributed by atoms with Crippen LogP contribution in [0.3, 0.4) is 0 Å². The van der Waals surface area contributed by atoms with E-state index in [1.807, 2.05) is 13.8 Å². The zero-order chi connectivity index (χ0) is 20.3. The average Bonchev–Trinajstić information content (AvgIpc) is 3.08. The van der Waals surface area contributed by atoms with E-state index in [4.69, 9.17) is 9.47 Å². The monoisotopic (exact) mass is 390 g/mol. The van der Waals surface area contributed by atoms with Crippen LogP contribution in [0.5, 0.6) is 11.5 Å². The summed E-state index contributed by atoms with van der Waals surface area (Å²) in [7, 11) is 0. The second-order valence-electron chi connectivity index (χ2n) is 7.22. The van der Waals surface area contributed by atoms with Crippen molar-refractivity contribution in [3.05, 3.63) is 17.7 Å². The van der Waals surface area contributed by atoms with Crippen LogP contribution in [0.2, 0.25) is 0 Å². The molecule has 9 nitrogen and oxygen atoms in total. The SMILES string of the molecule is CC(=O)c1cc2c(cc1NC(=O)CC1CNCCN1C(=O)NC(C)C)OCO2. The van der Waals surface area contributed by atoms with Crippen molar-refractivity contribution < 1.29 is 23.9 Å². The van der Waals surface area contributed by atoms with Crippen molar-refractivity contribution in [2.75, 3.05) is 31.7 Å². The molecule has 0 bridgehead atoms. The van der Waals surface area contributed by atoms with Crippen molar-refractivity contribution in [1.82, 2.24) is 15.5 Å². The molecule has 2 heterocycles. The van der Waals surface area contributed by atoms with Gasteiger partial charge in [0.05, 0.1) is 11.7 Å². The van der Waals surface area contributed by atoms with Gasteiger partial charge in [0, 0.05) is 43.7 Å². The summed E-state index contributed by atoms with van der Waals surface area (Å²) in [5.41, 5.74) is 0.734. The molecule has 1 saturated heterocycles. The van der Waals surface area contributed by atoms with E-state index in [2.05, 4.69) is 16.0 Å². The minimum Gasteiger partial charge on any atom is -0.454 e. The molecule has 0 radical (unpaired) electrons. The second-order valence-corrected chi connectivity index (χ2v) is 7.22. The maximum Gasteiger partial charge on any atom is 0.317 e. The van der Waals surface area contributed by atoms with Gasteiger partial charge in [-0.3, -0.25) is 9.59 Å². The van der Waals surface area contributed by atoms with Crippen molar-refractivity contribution >= 4 is 23.4 Å². The third kappa shape index (κ3) is 4.53. The van der Waals surface area contributed by atoms with Crippen LogP contribution in [0, 0.1) is 0 Å². The Labute approximate surface area is 163 Å². The third-order valence-corrected chi connectivity index (χ3v) is 4.61. The fourth-order valence-corrected chi connectivity index (χ4v) is 3.29. The molecule has 9 heteroatoms. The molecular formula is C19H26N4O5. The van der Waals surface area contributed by atoms with Gasteiger partial charge in [0.25, 0.3) is 0 Å². The van der Waals surface area contributed by atoms with Crippen molar-refractivity contribution in [2.45, 2.75) is 39.3 Å². The number of Topliss-reactive ketones (excluding diaryl/α,β-unsaturated/α-hetero) is 1. The fraction of sp³-hybridized carbons (Fsp3) is 0.526. The van der Waals surface area contributed by atoms with E-state index in [-0.39, 0.29) is 43.0 Å². The normalized spacial score (nSPS) is 18.1. The Bertz CT molecular complexity index is 780. The van der Waals surface area contributed by atoms with Gasteiger partial charge < -0.3 is 30.3 Å². The summed E-state index contributed by atoms with van der Waals surface area (Å²) in [4.78, 5) is 38.7. The molecule has 2 aliphatic rings. The van der Waals surface area contributed by atoms with E-state index in [0.717, 1.165) is 0 Å². The van der Waals surface area contributed by atoms with Crippen LogP contribution in [0.25, 0.3) is 0 Å². The number of hydrogen-bond acceptors (Lipinski definition) is 6. The highest BCUT2D eigenvalue weighted by Crippen LogP contribution is 2.37. The predicted octanol–water partition coefficient (Wildman–Crippen LogP) is 1.34. The lowest BCUT2D eigenvalue weighted by atomic mass is 10.1. The number of carbonyl (C=O) groups is 3. The summed E-state index contributed by atoms with van der Waals surface area (Å²) >= 11 is 0. The minimum atomic E-state index is -0.280. The Morgan fingerprint density at radius 3 is 2.64 bits per heavy atom. The summed E-state index contributed by atoms with van der Waals surface area (Å²) in [6.07, 6.45) is 0.115. The van der Waals surface area contributed by atoms with E-state index in [1.165, 1.54) is 6.92 Å². The van der Waals surface area contributed by atoms with Crippen LogP contribution in [0.4, 0.5) is 10.5 Å². The number of ether oxygens (including phenoxy) is 2. The van der Waals surface area contributed by atoms with Gasteiger partial charge in [-0.2, -0.15) is 0 Å². The molecule has 1 fully saturated rings. The maximum absolute atomic E-state index is 12.7. The Morgan fingerprint density at radius 2 is 1.96 bits per heavy atom. The Hall–Kier alpha value is -2.81. The molecule has 1 atom stereocenters. The second kappa shape index (κ2) is 8.47. The first-order valence-electron chi connectivity index (χ1n) is 9.37. The molecule has 3 N–H and O–H groups in total. The van der Waals surface area contributed by atoms with Crippen LogP contribution < -0.4 is 25.4 Å². The van der Waals surface area contributed by atoms with Crippen molar-refractivity contribution in [3.63, 3.8) is 0 Å². The Morgan fingerprint density at radius 1 is 1.25 bits per heavy atom. The number of hydrogen-bond donors (Lipinski definition) is 3. The zero-order valence-electron chi connectivity index (χ0n) is 16.3. The predicted molar refractivity (Wildman–Crippen MR) is 103 cm³/mol. The minimum absolute atomic E-state index is 0.0172. The lowest BCUT2D eigenvalue weighted by Crippen LogP contribution is -2.58. The van der Waals surface area contributed by atoms with Gasteiger partial charge in [-0.05, 0) is 26.8 Å². The van der Waals surface area contributed by atoms with Gasteiger partial charge in [0.2, 0.25) is 12.7 Å². The van der Waals surface area contributed by atoms with E-state index in [1.54, 1.807) is 17.0 Å². The number of amides is 3. The summed E-state index contributed by atoms with van der Waals surface area (Å²) in [6.45, 7) is 7.03. The van der Waals surface area contributed by atoms with Crippen molar-refractivity contribution in [1.29, 1.82) is 0 Å². The molecule has 1 aromatic rings. The van der Waals surface area contributed by atoms with Gasteiger partial charge in [-0.15, -0.1) is 0 Å². The molecule has 0 aromatic heterocycles. The number of piperazine rings is 1. The molecule has 0 aliphatic carbocycles. The van der Waals surface area contributed by atoms with Gasteiger partial charge in [-0.1, -0.05) is 0 Å². The van der Waals surface area contributed by atoms with Crippen LogP contribution in [-0.4, -0.2) is 61.1 Å². The highest BCUT2D eigenvalue weighted by atomic mass is 16.7. The number of anilines is 1. The zero-order valence-corrected chi connectivity index (χ0v) is 16.3. The molecule has 0 spiro atoms. The number of urea groups is 1. The highest BCUT2D eigenvalue weighted by Gasteiger charge is 2.29.